The highest BCUT2D eigenvalue weighted by Crippen LogP contribution is 2.41. The molecular formula is C15H20ClNO2S. The van der Waals surface area contributed by atoms with E-state index < -0.39 is 0 Å². The zero-order valence-electron chi connectivity index (χ0n) is 11.6. The summed E-state index contributed by atoms with van der Waals surface area (Å²) in [7, 11) is 0. The van der Waals surface area contributed by atoms with Crippen LogP contribution in [-0.2, 0) is 4.74 Å². The average Bonchev–Trinajstić information content (AvgIpc) is 2.53. The molecule has 0 spiro atoms. The van der Waals surface area contributed by atoms with Crippen molar-refractivity contribution < 1.29 is 9.84 Å². The van der Waals surface area contributed by atoms with Crippen LogP contribution in [0.2, 0.25) is 5.02 Å². The van der Waals surface area contributed by atoms with Gasteiger partial charge in [-0.15, -0.1) is 11.8 Å². The van der Waals surface area contributed by atoms with Crippen molar-refractivity contribution in [3.8, 4) is 0 Å². The lowest BCUT2D eigenvalue weighted by Gasteiger charge is -2.44. The summed E-state index contributed by atoms with van der Waals surface area (Å²) >= 11 is 8.08. The number of halogens is 1. The van der Waals surface area contributed by atoms with Crippen LogP contribution in [0.4, 0.5) is 5.69 Å². The molecule has 20 heavy (non-hydrogen) atoms. The van der Waals surface area contributed by atoms with Crippen molar-refractivity contribution in [2.75, 3.05) is 37.8 Å². The van der Waals surface area contributed by atoms with Gasteiger partial charge in [0.1, 0.15) is 0 Å². The van der Waals surface area contributed by atoms with Gasteiger partial charge in [0.25, 0.3) is 0 Å². The van der Waals surface area contributed by atoms with Crippen LogP contribution >= 0.6 is 23.4 Å². The zero-order chi connectivity index (χ0) is 14.2. The molecule has 0 saturated carbocycles. The molecule has 110 valence electrons. The number of anilines is 1. The number of aliphatic hydroxyl groups is 1. The minimum Gasteiger partial charge on any atom is -0.396 e. The SMILES string of the molecule is CC1CCN(CC2(CO)COC2)c2cc(Cl)ccc2S1. The van der Waals surface area contributed by atoms with E-state index in [1.807, 2.05) is 23.9 Å². The molecule has 1 fully saturated rings. The summed E-state index contributed by atoms with van der Waals surface area (Å²) in [5.41, 5.74) is 1.10. The van der Waals surface area contributed by atoms with Crippen molar-refractivity contribution in [3.05, 3.63) is 23.2 Å². The van der Waals surface area contributed by atoms with Crippen LogP contribution in [0.3, 0.4) is 0 Å². The molecule has 3 nitrogen and oxygen atoms in total. The standard InChI is InChI=1S/C15H20ClNO2S/c1-11-4-5-17(7-15(8-18)9-19-10-15)13-6-12(16)2-3-14(13)20-11/h2-3,6,11,18H,4-5,7-10H2,1H3. The second kappa shape index (κ2) is 5.76. The Bertz CT molecular complexity index is 487. The summed E-state index contributed by atoms with van der Waals surface area (Å²) in [6, 6.07) is 6.12. The van der Waals surface area contributed by atoms with Crippen LogP contribution in [0.1, 0.15) is 13.3 Å². The van der Waals surface area contributed by atoms with Crippen LogP contribution < -0.4 is 4.90 Å². The van der Waals surface area contributed by atoms with Gasteiger partial charge in [-0.05, 0) is 24.6 Å². The van der Waals surface area contributed by atoms with Crippen molar-refractivity contribution in [1.29, 1.82) is 0 Å². The maximum atomic E-state index is 9.65. The molecule has 0 amide bonds. The summed E-state index contributed by atoms with van der Waals surface area (Å²) in [6.45, 7) is 5.59. The fourth-order valence-electron chi connectivity index (χ4n) is 2.76. The summed E-state index contributed by atoms with van der Waals surface area (Å²) in [5, 5.41) is 11.0. The summed E-state index contributed by atoms with van der Waals surface area (Å²) in [6.07, 6.45) is 1.14. The molecule has 1 atom stereocenters. The van der Waals surface area contributed by atoms with E-state index in [-0.39, 0.29) is 12.0 Å². The van der Waals surface area contributed by atoms with Crippen LogP contribution in [0.15, 0.2) is 23.1 Å². The van der Waals surface area contributed by atoms with Crippen molar-refractivity contribution in [2.24, 2.45) is 5.41 Å². The number of hydrogen-bond donors (Lipinski definition) is 1. The largest absolute Gasteiger partial charge is 0.396 e. The number of thioether (sulfide) groups is 1. The van der Waals surface area contributed by atoms with Crippen LogP contribution in [0.5, 0.6) is 0 Å². The third-order valence-corrected chi connectivity index (χ3v) is 5.55. The van der Waals surface area contributed by atoms with Crippen molar-refractivity contribution >= 4 is 29.1 Å². The summed E-state index contributed by atoms with van der Waals surface area (Å²) in [5.74, 6) is 0. The molecular weight excluding hydrogens is 294 g/mol. The quantitative estimate of drug-likeness (QED) is 0.930. The highest BCUT2D eigenvalue weighted by atomic mass is 35.5. The highest BCUT2D eigenvalue weighted by Gasteiger charge is 2.40. The van der Waals surface area contributed by atoms with E-state index in [9.17, 15) is 5.11 Å². The first-order valence-corrected chi connectivity index (χ1v) is 8.27. The molecule has 5 heteroatoms. The molecule has 1 aromatic rings. The molecule has 2 heterocycles. The Kier molecular flexibility index (Phi) is 4.18. The molecule has 1 aromatic carbocycles. The molecule has 1 saturated heterocycles. The van der Waals surface area contributed by atoms with Crippen LogP contribution in [0, 0.1) is 5.41 Å². The first kappa shape index (κ1) is 14.5. The molecule has 1 unspecified atom stereocenters. The van der Waals surface area contributed by atoms with E-state index in [2.05, 4.69) is 17.9 Å². The van der Waals surface area contributed by atoms with Gasteiger partial charge in [0.2, 0.25) is 0 Å². The van der Waals surface area contributed by atoms with E-state index >= 15 is 0 Å². The van der Waals surface area contributed by atoms with Crippen molar-refractivity contribution in [3.63, 3.8) is 0 Å². The fraction of sp³-hybridized carbons (Fsp3) is 0.600. The molecule has 0 bridgehead atoms. The number of benzene rings is 1. The lowest BCUT2D eigenvalue weighted by molar-refractivity contribution is -0.131. The minimum absolute atomic E-state index is 0.0994. The molecule has 3 rings (SSSR count). The number of aliphatic hydroxyl groups excluding tert-OH is 1. The normalized spacial score (nSPS) is 24.8. The van der Waals surface area contributed by atoms with Gasteiger partial charge in [-0.3, -0.25) is 0 Å². The second-order valence-corrected chi connectivity index (χ2v) is 7.82. The first-order chi connectivity index (χ1) is 9.62. The van der Waals surface area contributed by atoms with Gasteiger partial charge in [0.15, 0.2) is 0 Å². The molecule has 0 radical (unpaired) electrons. The van der Waals surface area contributed by atoms with Crippen molar-refractivity contribution in [2.45, 2.75) is 23.5 Å². The Morgan fingerprint density at radius 1 is 1.50 bits per heavy atom. The molecule has 1 N–H and O–H groups in total. The molecule has 0 aliphatic carbocycles. The predicted molar refractivity (Wildman–Crippen MR) is 83.9 cm³/mol. The maximum Gasteiger partial charge on any atom is 0.0584 e. The monoisotopic (exact) mass is 313 g/mol. The van der Waals surface area contributed by atoms with Gasteiger partial charge < -0.3 is 14.7 Å². The van der Waals surface area contributed by atoms with Gasteiger partial charge in [0, 0.05) is 28.3 Å². The fourth-order valence-corrected chi connectivity index (χ4v) is 4.04. The van der Waals surface area contributed by atoms with Crippen molar-refractivity contribution in [1.82, 2.24) is 0 Å². The molecule has 2 aliphatic rings. The van der Waals surface area contributed by atoms with Gasteiger partial charge in [-0.2, -0.15) is 0 Å². The predicted octanol–water partition coefficient (Wildman–Crippen LogP) is 3.04. The number of nitrogens with zero attached hydrogens (tertiary/aromatic N) is 1. The number of rotatable bonds is 3. The zero-order valence-corrected chi connectivity index (χ0v) is 13.2. The lowest BCUT2D eigenvalue weighted by Crippen LogP contribution is -2.53. The van der Waals surface area contributed by atoms with Crippen LogP contribution in [-0.4, -0.2) is 43.3 Å². The van der Waals surface area contributed by atoms with Crippen LogP contribution in [0.25, 0.3) is 0 Å². The summed E-state index contributed by atoms with van der Waals surface area (Å²) in [4.78, 5) is 3.66. The van der Waals surface area contributed by atoms with E-state index in [4.69, 9.17) is 16.3 Å². The van der Waals surface area contributed by atoms with Gasteiger partial charge in [0.05, 0.1) is 30.9 Å². The van der Waals surface area contributed by atoms with Gasteiger partial charge >= 0.3 is 0 Å². The van der Waals surface area contributed by atoms with E-state index in [1.165, 1.54) is 10.6 Å². The van der Waals surface area contributed by atoms with E-state index in [1.54, 1.807) is 0 Å². The number of hydrogen-bond acceptors (Lipinski definition) is 4. The van der Waals surface area contributed by atoms with E-state index in [0.717, 1.165) is 24.5 Å². The molecule has 0 aromatic heterocycles. The van der Waals surface area contributed by atoms with E-state index in [0.29, 0.717) is 18.5 Å². The number of ether oxygens (including phenoxy) is 1. The van der Waals surface area contributed by atoms with Gasteiger partial charge in [-0.25, -0.2) is 0 Å². The highest BCUT2D eigenvalue weighted by molar-refractivity contribution is 8.00. The average molecular weight is 314 g/mol. The minimum atomic E-state index is -0.0994. The first-order valence-electron chi connectivity index (χ1n) is 7.02. The third-order valence-electron chi connectivity index (χ3n) is 4.07. The molecule has 2 aliphatic heterocycles. The Hall–Kier alpha value is -0.420. The Morgan fingerprint density at radius 3 is 2.95 bits per heavy atom. The second-order valence-electron chi connectivity index (χ2n) is 5.90. The third kappa shape index (κ3) is 2.80. The number of fused-ring (bicyclic) bond motifs is 1. The smallest absolute Gasteiger partial charge is 0.0584 e. The topological polar surface area (TPSA) is 32.7 Å². The Morgan fingerprint density at radius 2 is 2.30 bits per heavy atom. The maximum absolute atomic E-state index is 9.65. The Labute approximate surface area is 129 Å². The summed E-state index contributed by atoms with van der Waals surface area (Å²) < 4.78 is 5.32. The Balaban J connectivity index is 1.89. The van der Waals surface area contributed by atoms with Gasteiger partial charge in [-0.1, -0.05) is 18.5 Å². The lowest BCUT2D eigenvalue weighted by atomic mass is 9.86.